The molecule has 0 bridgehead atoms. The van der Waals surface area contributed by atoms with Crippen LogP contribution in [0.15, 0.2) is 48.5 Å². The van der Waals surface area contributed by atoms with Crippen LogP contribution in [0.3, 0.4) is 0 Å². The van der Waals surface area contributed by atoms with Crippen LogP contribution in [0.5, 0.6) is 5.75 Å². The number of benzene rings is 2. The first-order valence-electron chi connectivity index (χ1n) is 6.92. The van der Waals surface area contributed by atoms with Crippen LogP contribution in [0.25, 0.3) is 0 Å². The van der Waals surface area contributed by atoms with Crippen LogP contribution >= 0.6 is 0 Å². The Morgan fingerprint density at radius 1 is 1.14 bits per heavy atom. The van der Waals surface area contributed by atoms with E-state index in [1.54, 1.807) is 24.3 Å². The summed E-state index contributed by atoms with van der Waals surface area (Å²) in [6.45, 7) is 1.98. The van der Waals surface area contributed by atoms with Gasteiger partial charge in [0.15, 0.2) is 6.10 Å². The molecule has 0 amide bonds. The lowest BCUT2D eigenvalue weighted by Crippen LogP contribution is -2.27. The van der Waals surface area contributed by atoms with E-state index in [0.29, 0.717) is 23.4 Å². The molecular formula is C17H18FNO2. The first kappa shape index (κ1) is 15.0. The SMILES string of the molecule is CCCC(Oc1ccc(N)cc1)C(=O)c1ccc(F)cc1. The van der Waals surface area contributed by atoms with Crippen LogP contribution in [-0.2, 0) is 0 Å². The molecule has 1 atom stereocenters. The number of halogens is 1. The van der Waals surface area contributed by atoms with Gasteiger partial charge in [0, 0.05) is 11.3 Å². The van der Waals surface area contributed by atoms with Gasteiger partial charge in [-0.1, -0.05) is 13.3 Å². The Kier molecular flexibility index (Phi) is 4.93. The molecule has 2 aromatic rings. The highest BCUT2D eigenvalue weighted by atomic mass is 19.1. The van der Waals surface area contributed by atoms with Gasteiger partial charge in [-0.3, -0.25) is 4.79 Å². The summed E-state index contributed by atoms with van der Waals surface area (Å²) in [6.07, 6.45) is 0.830. The van der Waals surface area contributed by atoms with Gasteiger partial charge in [-0.15, -0.1) is 0 Å². The lowest BCUT2D eigenvalue weighted by atomic mass is 10.0. The zero-order valence-electron chi connectivity index (χ0n) is 11.9. The molecular weight excluding hydrogens is 269 g/mol. The Hall–Kier alpha value is -2.36. The lowest BCUT2D eigenvalue weighted by Gasteiger charge is -2.17. The maximum atomic E-state index is 12.9. The predicted molar refractivity (Wildman–Crippen MR) is 80.9 cm³/mol. The van der Waals surface area contributed by atoms with Crippen LogP contribution < -0.4 is 10.5 Å². The molecule has 21 heavy (non-hydrogen) atoms. The largest absolute Gasteiger partial charge is 0.482 e. The number of hydrogen-bond acceptors (Lipinski definition) is 3. The molecule has 0 heterocycles. The highest BCUT2D eigenvalue weighted by Crippen LogP contribution is 2.19. The number of nitrogen functional groups attached to an aromatic ring is 1. The summed E-state index contributed by atoms with van der Waals surface area (Å²) < 4.78 is 18.7. The van der Waals surface area contributed by atoms with Gasteiger partial charge in [-0.2, -0.15) is 0 Å². The molecule has 110 valence electrons. The van der Waals surface area contributed by atoms with Crippen molar-refractivity contribution in [1.82, 2.24) is 0 Å². The van der Waals surface area contributed by atoms with Gasteiger partial charge in [-0.25, -0.2) is 4.39 Å². The molecule has 0 fully saturated rings. The molecule has 4 heteroatoms. The van der Waals surface area contributed by atoms with Gasteiger partial charge in [0.05, 0.1) is 0 Å². The molecule has 0 aromatic heterocycles. The lowest BCUT2D eigenvalue weighted by molar-refractivity contribution is 0.0777. The van der Waals surface area contributed by atoms with Crippen molar-refractivity contribution in [2.45, 2.75) is 25.9 Å². The standard InChI is InChI=1S/C17H18FNO2/c1-2-3-16(21-15-10-8-14(19)9-11-15)17(20)12-4-6-13(18)7-5-12/h4-11,16H,2-3,19H2,1H3. The Bertz CT molecular complexity index is 593. The number of ketones is 1. The molecule has 0 saturated heterocycles. The summed E-state index contributed by atoms with van der Waals surface area (Å²) in [5.41, 5.74) is 6.71. The molecule has 1 unspecified atom stereocenters. The molecule has 2 aromatic carbocycles. The number of carbonyl (C=O) groups is 1. The van der Waals surface area contributed by atoms with Crippen molar-refractivity contribution < 1.29 is 13.9 Å². The average Bonchev–Trinajstić information content (AvgIpc) is 2.49. The number of ether oxygens (including phenoxy) is 1. The van der Waals surface area contributed by atoms with Crippen molar-refractivity contribution in [1.29, 1.82) is 0 Å². The first-order valence-corrected chi connectivity index (χ1v) is 6.92. The second-order valence-electron chi connectivity index (χ2n) is 4.84. The second-order valence-corrected chi connectivity index (χ2v) is 4.84. The van der Waals surface area contributed by atoms with Crippen molar-refractivity contribution in [2.75, 3.05) is 5.73 Å². The third kappa shape index (κ3) is 4.05. The number of hydrogen-bond donors (Lipinski definition) is 1. The maximum absolute atomic E-state index is 12.9. The topological polar surface area (TPSA) is 52.3 Å². The van der Waals surface area contributed by atoms with E-state index >= 15 is 0 Å². The van der Waals surface area contributed by atoms with Crippen LogP contribution in [0, 0.1) is 5.82 Å². The van der Waals surface area contributed by atoms with Crippen molar-refractivity contribution in [3.05, 3.63) is 59.9 Å². The molecule has 0 aliphatic heterocycles. The zero-order chi connectivity index (χ0) is 15.2. The Balaban J connectivity index is 2.15. The van der Waals surface area contributed by atoms with Crippen molar-refractivity contribution in [3.8, 4) is 5.75 Å². The number of anilines is 1. The number of nitrogens with two attached hydrogens (primary N) is 1. The molecule has 0 spiro atoms. The highest BCUT2D eigenvalue weighted by Gasteiger charge is 2.21. The number of Topliss-reactive ketones (excluding diaryl/α,β-unsaturated/α-hetero) is 1. The molecule has 0 radical (unpaired) electrons. The molecule has 2 N–H and O–H groups in total. The molecule has 0 saturated carbocycles. The second kappa shape index (κ2) is 6.88. The van der Waals surface area contributed by atoms with Gasteiger partial charge in [0.2, 0.25) is 5.78 Å². The van der Waals surface area contributed by atoms with Crippen molar-refractivity contribution >= 4 is 11.5 Å². The quantitative estimate of drug-likeness (QED) is 0.648. The monoisotopic (exact) mass is 287 g/mol. The molecule has 0 aliphatic rings. The molecule has 0 aliphatic carbocycles. The first-order chi connectivity index (χ1) is 10.1. The summed E-state index contributed by atoms with van der Waals surface area (Å²) in [5, 5.41) is 0. The fraction of sp³-hybridized carbons (Fsp3) is 0.235. The summed E-state index contributed by atoms with van der Waals surface area (Å²) in [6, 6.07) is 12.4. The van der Waals surface area contributed by atoms with Gasteiger partial charge in [0.1, 0.15) is 11.6 Å². The minimum absolute atomic E-state index is 0.145. The van der Waals surface area contributed by atoms with Gasteiger partial charge >= 0.3 is 0 Å². The van der Waals surface area contributed by atoms with Crippen molar-refractivity contribution in [2.24, 2.45) is 0 Å². The van der Waals surface area contributed by atoms with Gasteiger partial charge < -0.3 is 10.5 Å². The minimum atomic E-state index is -0.580. The average molecular weight is 287 g/mol. The van der Waals surface area contributed by atoms with Crippen LogP contribution in [0.1, 0.15) is 30.1 Å². The van der Waals surface area contributed by atoms with Gasteiger partial charge in [0.25, 0.3) is 0 Å². The Labute approximate surface area is 123 Å². The van der Waals surface area contributed by atoms with E-state index in [0.717, 1.165) is 6.42 Å². The van der Waals surface area contributed by atoms with E-state index in [-0.39, 0.29) is 11.6 Å². The van der Waals surface area contributed by atoms with Gasteiger partial charge in [-0.05, 0) is 55.0 Å². The smallest absolute Gasteiger partial charge is 0.203 e. The highest BCUT2D eigenvalue weighted by molar-refractivity contribution is 5.99. The maximum Gasteiger partial charge on any atom is 0.203 e. The number of rotatable bonds is 6. The fourth-order valence-corrected chi connectivity index (χ4v) is 2.02. The minimum Gasteiger partial charge on any atom is -0.482 e. The van der Waals surface area contributed by atoms with Crippen LogP contribution in [0.4, 0.5) is 10.1 Å². The predicted octanol–water partition coefficient (Wildman–Crippen LogP) is 3.84. The number of carbonyl (C=O) groups excluding carboxylic acids is 1. The van der Waals surface area contributed by atoms with Crippen LogP contribution in [0.2, 0.25) is 0 Å². The Morgan fingerprint density at radius 2 is 1.76 bits per heavy atom. The van der Waals surface area contributed by atoms with Crippen LogP contribution in [-0.4, -0.2) is 11.9 Å². The van der Waals surface area contributed by atoms with E-state index in [1.807, 2.05) is 6.92 Å². The third-order valence-electron chi connectivity index (χ3n) is 3.13. The molecule has 3 nitrogen and oxygen atoms in total. The summed E-state index contributed by atoms with van der Waals surface area (Å²) in [4.78, 5) is 12.4. The third-order valence-corrected chi connectivity index (χ3v) is 3.13. The summed E-state index contributed by atoms with van der Waals surface area (Å²) in [5.74, 6) is 0.0878. The van der Waals surface area contributed by atoms with E-state index in [4.69, 9.17) is 10.5 Å². The fourth-order valence-electron chi connectivity index (χ4n) is 2.02. The summed E-state index contributed by atoms with van der Waals surface area (Å²) >= 11 is 0. The summed E-state index contributed by atoms with van der Waals surface area (Å²) in [7, 11) is 0. The normalized spacial score (nSPS) is 11.9. The molecule has 2 rings (SSSR count). The van der Waals surface area contributed by atoms with E-state index in [1.165, 1.54) is 24.3 Å². The zero-order valence-corrected chi connectivity index (χ0v) is 11.9. The Morgan fingerprint density at radius 3 is 2.33 bits per heavy atom. The van der Waals surface area contributed by atoms with E-state index < -0.39 is 6.10 Å². The van der Waals surface area contributed by atoms with E-state index in [9.17, 15) is 9.18 Å². The van der Waals surface area contributed by atoms with Crippen molar-refractivity contribution in [3.63, 3.8) is 0 Å². The van der Waals surface area contributed by atoms with E-state index in [2.05, 4.69) is 0 Å².